The van der Waals surface area contributed by atoms with E-state index in [9.17, 15) is 9.50 Å². The Hall–Kier alpha value is -1.61. The molecule has 1 rings (SSSR count). The van der Waals surface area contributed by atoms with Crippen LogP contribution in [0.25, 0.3) is 0 Å². The van der Waals surface area contributed by atoms with Crippen molar-refractivity contribution in [3.8, 4) is 0 Å². The van der Waals surface area contributed by atoms with Crippen LogP contribution in [0.3, 0.4) is 0 Å². The molecule has 0 aromatic heterocycles. The van der Waals surface area contributed by atoms with Crippen molar-refractivity contribution in [1.82, 2.24) is 0 Å². The van der Waals surface area contributed by atoms with E-state index in [0.717, 1.165) is 5.69 Å². The zero-order valence-corrected chi connectivity index (χ0v) is 10.1. The fourth-order valence-electron chi connectivity index (χ4n) is 1.73. The molecule has 1 aromatic rings. The lowest BCUT2D eigenvalue weighted by atomic mass is 10.1. The second-order valence-corrected chi connectivity index (χ2v) is 3.86. The van der Waals surface area contributed by atoms with Crippen molar-refractivity contribution in [2.75, 3.05) is 18.0 Å². The van der Waals surface area contributed by atoms with Crippen molar-refractivity contribution in [3.63, 3.8) is 0 Å². The second-order valence-electron chi connectivity index (χ2n) is 3.86. The van der Waals surface area contributed by atoms with Gasteiger partial charge in [0.15, 0.2) is 0 Å². The van der Waals surface area contributed by atoms with Gasteiger partial charge < -0.3 is 10.0 Å². The number of aliphatic hydroxyl groups excluding tert-OH is 1. The van der Waals surface area contributed by atoms with Crippen LogP contribution in [-0.4, -0.2) is 18.2 Å². The molecule has 92 valence electrons. The molecular weight excluding hydrogens is 217 g/mol. The maximum Gasteiger partial charge on any atom is 0.123 e. The average molecular weight is 235 g/mol. The Morgan fingerprint density at radius 2 is 1.94 bits per heavy atom. The Balaban J connectivity index is 3.16. The summed E-state index contributed by atoms with van der Waals surface area (Å²) in [5.41, 5.74) is 1.38. The Kier molecular flexibility index (Phi) is 4.91. The van der Waals surface area contributed by atoms with Gasteiger partial charge in [-0.25, -0.2) is 4.39 Å². The van der Waals surface area contributed by atoms with Gasteiger partial charge in [0.25, 0.3) is 0 Å². The van der Waals surface area contributed by atoms with Crippen molar-refractivity contribution in [2.45, 2.75) is 13.0 Å². The van der Waals surface area contributed by atoms with E-state index in [1.54, 1.807) is 25.1 Å². The lowest BCUT2D eigenvalue weighted by Crippen LogP contribution is -2.24. The summed E-state index contributed by atoms with van der Waals surface area (Å²) in [6, 6.07) is 4.42. The van der Waals surface area contributed by atoms with Crippen LogP contribution < -0.4 is 4.90 Å². The van der Waals surface area contributed by atoms with E-state index in [0.29, 0.717) is 18.7 Å². The van der Waals surface area contributed by atoms with Crippen LogP contribution in [0.5, 0.6) is 0 Å². The standard InChI is InChI=1S/C14H18FNO/c1-4-8-16(9-5-2)14-7-6-12(15)10-13(14)11(3)17/h4-7,10-11,17H,1-2,8-9H2,3H3. The van der Waals surface area contributed by atoms with Gasteiger partial charge >= 0.3 is 0 Å². The van der Waals surface area contributed by atoms with E-state index in [1.165, 1.54) is 12.1 Å². The van der Waals surface area contributed by atoms with Crippen LogP contribution in [0.15, 0.2) is 43.5 Å². The van der Waals surface area contributed by atoms with Gasteiger partial charge in [-0.05, 0) is 25.1 Å². The van der Waals surface area contributed by atoms with E-state index < -0.39 is 6.10 Å². The van der Waals surface area contributed by atoms with Crippen LogP contribution in [-0.2, 0) is 0 Å². The fourth-order valence-corrected chi connectivity index (χ4v) is 1.73. The van der Waals surface area contributed by atoms with Crippen molar-refractivity contribution in [2.24, 2.45) is 0 Å². The largest absolute Gasteiger partial charge is 0.389 e. The van der Waals surface area contributed by atoms with Gasteiger partial charge in [0.05, 0.1) is 6.10 Å². The van der Waals surface area contributed by atoms with Gasteiger partial charge in [-0.3, -0.25) is 0 Å². The zero-order chi connectivity index (χ0) is 12.8. The molecule has 0 spiro atoms. The molecular formula is C14H18FNO. The molecule has 0 heterocycles. The predicted molar refractivity (Wildman–Crippen MR) is 69.6 cm³/mol. The highest BCUT2D eigenvalue weighted by molar-refractivity contribution is 5.55. The number of halogens is 1. The van der Waals surface area contributed by atoms with Crippen molar-refractivity contribution in [3.05, 3.63) is 54.9 Å². The molecule has 17 heavy (non-hydrogen) atoms. The first-order valence-corrected chi connectivity index (χ1v) is 5.54. The Morgan fingerprint density at radius 3 is 2.41 bits per heavy atom. The van der Waals surface area contributed by atoms with Gasteiger partial charge in [0, 0.05) is 24.3 Å². The third-order valence-electron chi connectivity index (χ3n) is 2.48. The first-order valence-electron chi connectivity index (χ1n) is 5.54. The first kappa shape index (κ1) is 13.5. The number of nitrogens with zero attached hydrogens (tertiary/aromatic N) is 1. The molecule has 1 unspecified atom stereocenters. The van der Waals surface area contributed by atoms with E-state index in [1.807, 2.05) is 4.90 Å². The summed E-state index contributed by atoms with van der Waals surface area (Å²) in [6.45, 7) is 10.2. The molecule has 3 heteroatoms. The van der Waals surface area contributed by atoms with Gasteiger partial charge in [-0.1, -0.05) is 12.2 Å². The molecule has 0 saturated heterocycles. The predicted octanol–water partition coefficient (Wildman–Crippen LogP) is 3.06. The van der Waals surface area contributed by atoms with E-state index in [2.05, 4.69) is 13.2 Å². The van der Waals surface area contributed by atoms with Crippen molar-refractivity contribution in [1.29, 1.82) is 0 Å². The Labute approximate surface area is 102 Å². The molecule has 0 aliphatic heterocycles. The highest BCUT2D eigenvalue weighted by Crippen LogP contribution is 2.27. The molecule has 0 aliphatic carbocycles. The highest BCUT2D eigenvalue weighted by atomic mass is 19.1. The van der Waals surface area contributed by atoms with Gasteiger partial charge in [-0.15, -0.1) is 13.2 Å². The summed E-state index contributed by atoms with van der Waals surface area (Å²) in [7, 11) is 0. The number of anilines is 1. The number of rotatable bonds is 6. The van der Waals surface area contributed by atoms with Crippen LogP contribution >= 0.6 is 0 Å². The van der Waals surface area contributed by atoms with Gasteiger partial charge in [0.1, 0.15) is 5.82 Å². The van der Waals surface area contributed by atoms with Gasteiger partial charge in [-0.2, -0.15) is 0 Å². The third kappa shape index (κ3) is 3.43. The lowest BCUT2D eigenvalue weighted by molar-refractivity contribution is 0.199. The number of aliphatic hydroxyl groups is 1. The lowest BCUT2D eigenvalue weighted by Gasteiger charge is -2.25. The number of benzene rings is 1. The molecule has 1 N–H and O–H groups in total. The summed E-state index contributed by atoms with van der Waals surface area (Å²) in [5, 5.41) is 9.67. The highest BCUT2D eigenvalue weighted by Gasteiger charge is 2.13. The van der Waals surface area contributed by atoms with E-state index in [-0.39, 0.29) is 5.82 Å². The summed E-state index contributed by atoms with van der Waals surface area (Å²) >= 11 is 0. The van der Waals surface area contributed by atoms with Crippen LogP contribution in [0.1, 0.15) is 18.6 Å². The fraction of sp³-hybridized carbons (Fsp3) is 0.286. The molecule has 0 bridgehead atoms. The van der Waals surface area contributed by atoms with Gasteiger partial charge in [0.2, 0.25) is 0 Å². The van der Waals surface area contributed by atoms with E-state index in [4.69, 9.17) is 0 Å². The summed E-state index contributed by atoms with van der Waals surface area (Å²) in [6.07, 6.45) is 2.81. The Bertz CT molecular complexity index is 391. The van der Waals surface area contributed by atoms with Crippen molar-refractivity contribution >= 4 is 5.69 Å². The summed E-state index contributed by atoms with van der Waals surface area (Å²) < 4.78 is 13.2. The quantitative estimate of drug-likeness (QED) is 0.766. The topological polar surface area (TPSA) is 23.5 Å². The minimum absolute atomic E-state index is 0.346. The smallest absolute Gasteiger partial charge is 0.123 e. The Morgan fingerprint density at radius 1 is 1.35 bits per heavy atom. The molecule has 1 aromatic carbocycles. The molecule has 0 amide bonds. The minimum atomic E-state index is -0.710. The molecule has 1 atom stereocenters. The van der Waals surface area contributed by atoms with E-state index >= 15 is 0 Å². The number of hydrogen-bond acceptors (Lipinski definition) is 2. The maximum absolute atomic E-state index is 13.2. The van der Waals surface area contributed by atoms with Crippen LogP contribution in [0.4, 0.5) is 10.1 Å². The normalized spacial score (nSPS) is 11.9. The molecule has 0 radical (unpaired) electrons. The monoisotopic (exact) mass is 235 g/mol. The first-order chi connectivity index (χ1) is 8.10. The summed E-state index contributed by atoms with van der Waals surface area (Å²) in [5.74, 6) is -0.346. The average Bonchev–Trinajstić information content (AvgIpc) is 2.28. The summed E-state index contributed by atoms with van der Waals surface area (Å²) in [4.78, 5) is 1.97. The SMILES string of the molecule is C=CCN(CC=C)c1ccc(F)cc1C(C)O. The molecule has 2 nitrogen and oxygen atoms in total. The third-order valence-corrected chi connectivity index (χ3v) is 2.48. The maximum atomic E-state index is 13.2. The van der Waals surface area contributed by atoms with Crippen LogP contribution in [0, 0.1) is 5.82 Å². The second kappa shape index (κ2) is 6.21. The zero-order valence-electron chi connectivity index (χ0n) is 10.1. The molecule has 0 aliphatic rings. The van der Waals surface area contributed by atoms with Crippen LogP contribution in [0.2, 0.25) is 0 Å². The van der Waals surface area contributed by atoms with Crippen molar-refractivity contribution < 1.29 is 9.50 Å². The molecule has 0 fully saturated rings. The number of hydrogen-bond donors (Lipinski definition) is 1. The minimum Gasteiger partial charge on any atom is -0.389 e. The molecule has 0 saturated carbocycles.